The molecule has 0 saturated heterocycles. The number of rotatable bonds is 5. The molecule has 0 bridgehead atoms. The molecule has 0 saturated carbocycles. The molecule has 0 aliphatic carbocycles. The van der Waals surface area contributed by atoms with Crippen molar-refractivity contribution in [3.8, 4) is 0 Å². The Morgan fingerprint density at radius 3 is 1.26 bits per heavy atom. The van der Waals surface area contributed by atoms with E-state index in [-0.39, 0.29) is 22.6 Å². The monoisotopic (exact) mass is 486 g/mol. The molecule has 0 aromatic heterocycles. The predicted octanol–water partition coefficient (Wildman–Crippen LogP) is 5.20. The Morgan fingerprint density at radius 2 is 1.00 bits per heavy atom. The van der Waals surface area contributed by atoms with Crippen molar-refractivity contribution in [3.05, 3.63) is 11.7 Å². The summed E-state index contributed by atoms with van der Waals surface area (Å²) in [4.78, 5) is 10.2. The molecule has 0 aliphatic heterocycles. The van der Waals surface area contributed by atoms with Gasteiger partial charge in [-0.3, -0.25) is 4.79 Å². The van der Waals surface area contributed by atoms with Gasteiger partial charge in [-0.25, -0.2) is 4.39 Å². The molecule has 15 heteroatoms. The summed E-state index contributed by atoms with van der Waals surface area (Å²) in [5.74, 6) is -38.1. The van der Waals surface area contributed by atoms with E-state index >= 15 is 0 Å². The Hall–Kier alpha value is -0.770. The first-order chi connectivity index (χ1) is 9.76. The van der Waals surface area contributed by atoms with Gasteiger partial charge >= 0.3 is 29.9 Å². The Kier molecular flexibility index (Phi) is 5.75. The summed E-state index contributed by atoms with van der Waals surface area (Å²) in [5.41, 5.74) is 0. The van der Waals surface area contributed by atoms with Crippen molar-refractivity contribution in [1.82, 2.24) is 0 Å². The third-order valence-corrected chi connectivity index (χ3v) is 2.65. The second-order valence-corrected chi connectivity index (χ2v) is 4.68. The summed E-state index contributed by atoms with van der Waals surface area (Å²) in [6, 6.07) is 0. The summed E-state index contributed by atoms with van der Waals surface area (Å²) in [6.45, 7) is 0. The van der Waals surface area contributed by atoms with Crippen molar-refractivity contribution >= 4 is 26.4 Å². The van der Waals surface area contributed by atoms with Crippen molar-refractivity contribution in [2.75, 3.05) is 0 Å². The maximum atomic E-state index is 12.9. The molecule has 0 amide bonds. The van der Waals surface area contributed by atoms with Crippen LogP contribution in [0.5, 0.6) is 0 Å². The fourth-order valence-corrected chi connectivity index (χ4v) is 1.17. The molecule has 136 valence electrons. The van der Waals surface area contributed by atoms with Crippen LogP contribution >= 0.6 is 22.6 Å². The Balaban J connectivity index is 6.37. The van der Waals surface area contributed by atoms with Crippen molar-refractivity contribution in [3.63, 3.8) is 0 Å². The van der Waals surface area contributed by atoms with Gasteiger partial charge in [-0.2, -0.15) is 52.7 Å². The zero-order chi connectivity index (χ0) is 19.2. The molecular weight excluding hydrogens is 486 g/mol. The number of hydrogen-bond acceptors (Lipinski definition) is 1. The molecular formula is C8F13IO. The smallest absolute Gasteiger partial charge is 0.279 e. The van der Waals surface area contributed by atoms with E-state index in [0.29, 0.717) is 0 Å². The van der Waals surface area contributed by atoms with Crippen LogP contribution in [0.25, 0.3) is 0 Å². The molecule has 0 rings (SSSR count). The summed E-state index contributed by atoms with van der Waals surface area (Å²) in [6.07, 6.45) is -7.42. The molecule has 0 aliphatic rings. The highest BCUT2D eigenvalue weighted by Gasteiger charge is 2.88. The fraction of sp³-hybridized carbons (Fsp3) is 0.625. The predicted molar refractivity (Wildman–Crippen MR) is 54.1 cm³/mol. The summed E-state index contributed by atoms with van der Waals surface area (Å²) in [7, 11) is 0. The lowest BCUT2D eigenvalue weighted by Gasteiger charge is -2.36. The van der Waals surface area contributed by atoms with Crippen LogP contribution in [-0.4, -0.2) is 33.7 Å². The Labute approximate surface area is 130 Å². The van der Waals surface area contributed by atoms with E-state index in [1.807, 2.05) is 0 Å². The molecule has 0 aromatic carbocycles. The van der Waals surface area contributed by atoms with Crippen LogP contribution in [0.4, 0.5) is 57.1 Å². The van der Waals surface area contributed by atoms with E-state index in [1.165, 1.54) is 0 Å². The average molecular weight is 486 g/mol. The lowest BCUT2D eigenvalue weighted by Crippen LogP contribution is -2.66. The second-order valence-electron chi connectivity index (χ2n) is 3.70. The number of halogens is 14. The van der Waals surface area contributed by atoms with E-state index in [0.717, 1.165) is 0 Å². The van der Waals surface area contributed by atoms with Gasteiger partial charge in [0.15, 0.2) is 0 Å². The van der Waals surface area contributed by atoms with Gasteiger partial charge in [0, 0.05) is 22.6 Å². The van der Waals surface area contributed by atoms with Crippen LogP contribution < -0.4 is 0 Å². The minimum atomic E-state index is -7.88. The number of hydrogen-bond donors (Lipinski definition) is 0. The van der Waals surface area contributed by atoms with Crippen LogP contribution in [0.3, 0.4) is 0 Å². The highest BCUT2D eigenvalue weighted by Crippen LogP contribution is 2.59. The maximum absolute atomic E-state index is 12.9. The lowest BCUT2D eigenvalue weighted by molar-refractivity contribution is -0.419. The first-order valence-corrected chi connectivity index (χ1v) is 5.68. The molecule has 0 unspecified atom stereocenters. The SMILES string of the molecule is O=C(I)C(F)=C(F)C(F)(F)C(F)(F)C(F)(F)C(F)(F)C(F)(F)F. The second kappa shape index (κ2) is 5.94. The van der Waals surface area contributed by atoms with Crippen molar-refractivity contribution in [1.29, 1.82) is 0 Å². The van der Waals surface area contributed by atoms with Gasteiger partial charge in [0.2, 0.25) is 11.7 Å². The summed E-state index contributed by atoms with van der Waals surface area (Å²) in [5, 5.41) is 0. The van der Waals surface area contributed by atoms with Crippen molar-refractivity contribution < 1.29 is 61.9 Å². The molecule has 0 spiro atoms. The first-order valence-electron chi connectivity index (χ1n) is 4.60. The zero-order valence-corrected chi connectivity index (χ0v) is 11.9. The molecule has 0 radical (unpaired) electrons. The molecule has 23 heavy (non-hydrogen) atoms. The molecule has 0 atom stereocenters. The molecule has 1 nitrogen and oxygen atoms in total. The van der Waals surface area contributed by atoms with Gasteiger partial charge in [-0.05, 0) is 0 Å². The molecule has 0 N–H and O–H groups in total. The number of alkyl halides is 11. The Morgan fingerprint density at radius 1 is 0.652 bits per heavy atom. The number of carbonyl (C=O) groups excluding carboxylic acids is 1. The van der Waals surface area contributed by atoms with Crippen molar-refractivity contribution in [2.45, 2.75) is 29.9 Å². The maximum Gasteiger partial charge on any atom is 0.460 e. The van der Waals surface area contributed by atoms with Crippen LogP contribution in [0.15, 0.2) is 11.7 Å². The topological polar surface area (TPSA) is 17.1 Å². The van der Waals surface area contributed by atoms with Crippen LogP contribution in [-0.2, 0) is 4.79 Å². The fourth-order valence-electron chi connectivity index (χ4n) is 0.934. The molecule has 0 fully saturated rings. The third-order valence-electron chi connectivity index (χ3n) is 2.18. The minimum absolute atomic E-state index is 0.196. The highest BCUT2D eigenvalue weighted by molar-refractivity contribution is 14.1. The van der Waals surface area contributed by atoms with Crippen LogP contribution in [0.1, 0.15) is 0 Å². The minimum Gasteiger partial charge on any atom is -0.279 e. The summed E-state index contributed by atoms with van der Waals surface area (Å²) >= 11 is 0.196. The normalized spacial score (nSPS) is 16.3. The van der Waals surface area contributed by atoms with Crippen LogP contribution in [0, 0.1) is 0 Å². The van der Waals surface area contributed by atoms with Crippen molar-refractivity contribution in [2.24, 2.45) is 0 Å². The third kappa shape index (κ3) is 3.24. The highest BCUT2D eigenvalue weighted by atomic mass is 127. The van der Waals surface area contributed by atoms with Gasteiger partial charge < -0.3 is 0 Å². The number of allylic oxidation sites excluding steroid dienone is 2. The number of carbonyl (C=O) groups is 1. The molecule has 0 aromatic rings. The largest absolute Gasteiger partial charge is 0.460 e. The lowest BCUT2D eigenvalue weighted by atomic mass is 9.97. The van der Waals surface area contributed by atoms with Gasteiger partial charge in [0.1, 0.15) is 0 Å². The summed E-state index contributed by atoms with van der Waals surface area (Å²) < 4.78 is 160. The van der Waals surface area contributed by atoms with Crippen LogP contribution in [0.2, 0.25) is 0 Å². The van der Waals surface area contributed by atoms with Gasteiger partial charge in [0.05, 0.1) is 0 Å². The van der Waals surface area contributed by atoms with E-state index < -0.39 is 45.3 Å². The van der Waals surface area contributed by atoms with E-state index in [2.05, 4.69) is 0 Å². The standard InChI is InChI=1S/C8F13IO/c9-1(3(22)23)2(10)4(11,12)5(13,14)6(15,16)7(17,18)8(19,20)21. The quantitative estimate of drug-likeness (QED) is 0.226. The van der Waals surface area contributed by atoms with Gasteiger partial charge in [0.25, 0.3) is 3.79 Å². The first kappa shape index (κ1) is 22.2. The molecule has 0 heterocycles. The zero-order valence-electron chi connectivity index (χ0n) is 9.70. The van der Waals surface area contributed by atoms with E-state index in [4.69, 9.17) is 0 Å². The Bertz CT molecular complexity index is 517. The van der Waals surface area contributed by atoms with Gasteiger partial charge in [-0.1, -0.05) is 0 Å². The van der Waals surface area contributed by atoms with E-state index in [1.54, 1.807) is 0 Å². The average Bonchev–Trinajstić information content (AvgIpc) is 2.34. The van der Waals surface area contributed by atoms with Gasteiger partial charge in [-0.15, -0.1) is 0 Å². The van der Waals surface area contributed by atoms with E-state index in [9.17, 15) is 61.9 Å².